The number of carbonyl (C=O) groups is 2. The van der Waals surface area contributed by atoms with Gasteiger partial charge in [-0.2, -0.15) is 0 Å². The molecule has 0 radical (unpaired) electrons. The smallest absolute Gasteiger partial charge is 0.333 e. The van der Waals surface area contributed by atoms with Gasteiger partial charge in [0.05, 0.1) is 7.11 Å². The van der Waals surface area contributed by atoms with Crippen LogP contribution in [-0.4, -0.2) is 30.4 Å². The normalized spacial score (nSPS) is 39.6. The first-order valence-electron chi connectivity index (χ1n) is 9.60. The molecule has 0 saturated heterocycles. The number of allylic oxidation sites excluding steroid dienone is 1. The molecule has 2 aliphatic carbocycles. The molecule has 0 amide bonds. The maximum absolute atomic E-state index is 12.4. The average Bonchev–Trinajstić information content (AvgIpc) is 2.93. The minimum atomic E-state index is -1.10. The van der Waals surface area contributed by atoms with Crippen LogP contribution in [0.2, 0.25) is 0 Å². The summed E-state index contributed by atoms with van der Waals surface area (Å²) in [6, 6.07) is 0. The van der Waals surface area contributed by atoms with Crippen molar-refractivity contribution in [1.82, 2.24) is 0 Å². The van der Waals surface area contributed by atoms with Crippen LogP contribution in [0.4, 0.5) is 0 Å². The molecule has 1 unspecified atom stereocenters. The molecule has 5 nitrogen and oxygen atoms in total. The predicted molar refractivity (Wildman–Crippen MR) is 96.9 cm³/mol. The monoisotopic (exact) mass is 362 g/mol. The molecule has 5 heteroatoms. The van der Waals surface area contributed by atoms with Gasteiger partial charge in [0.2, 0.25) is 6.29 Å². The first-order chi connectivity index (χ1) is 12.2. The van der Waals surface area contributed by atoms with Crippen molar-refractivity contribution >= 4 is 11.9 Å². The number of carbonyl (C=O) groups excluding carboxylic acids is 2. The van der Waals surface area contributed by atoms with Crippen LogP contribution >= 0.6 is 0 Å². The fraction of sp³-hybridized carbons (Fsp3) is 0.714. The fourth-order valence-electron chi connectivity index (χ4n) is 5.59. The topological polar surface area (TPSA) is 72.8 Å². The summed E-state index contributed by atoms with van der Waals surface area (Å²) in [5.41, 5.74) is 1.33. The molecule has 3 aliphatic rings. The lowest BCUT2D eigenvalue weighted by atomic mass is 9.46. The average molecular weight is 362 g/mol. The van der Waals surface area contributed by atoms with Gasteiger partial charge in [0, 0.05) is 22.6 Å². The predicted octanol–water partition coefficient (Wildman–Crippen LogP) is 3.52. The Labute approximate surface area is 155 Å². The van der Waals surface area contributed by atoms with E-state index in [1.165, 1.54) is 13.2 Å². The Morgan fingerprint density at radius 3 is 2.73 bits per heavy atom. The van der Waals surface area contributed by atoms with Gasteiger partial charge in [0.1, 0.15) is 0 Å². The quantitative estimate of drug-likeness (QED) is 0.775. The molecule has 26 heavy (non-hydrogen) atoms. The zero-order valence-corrected chi connectivity index (χ0v) is 16.2. The lowest BCUT2D eigenvalue weighted by Crippen LogP contribution is -2.51. The number of cyclic esters (lactones) is 1. The largest absolute Gasteiger partial charge is 0.466 e. The molecular formula is C21H30O5. The molecule has 0 aromatic rings. The fourth-order valence-corrected chi connectivity index (χ4v) is 5.59. The highest BCUT2D eigenvalue weighted by molar-refractivity contribution is 5.90. The molecular weight excluding hydrogens is 332 g/mol. The summed E-state index contributed by atoms with van der Waals surface area (Å²) < 4.78 is 9.88. The maximum atomic E-state index is 12.4. The zero-order chi connectivity index (χ0) is 19.1. The van der Waals surface area contributed by atoms with E-state index in [0.717, 1.165) is 37.7 Å². The highest BCUT2D eigenvalue weighted by Crippen LogP contribution is 2.62. The number of aliphatic hydroxyl groups is 1. The number of aliphatic hydroxyl groups excluding tert-OH is 1. The van der Waals surface area contributed by atoms with Gasteiger partial charge in [-0.05, 0) is 55.8 Å². The number of fused-ring (bicyclic) bond motifs is 1. The molecule has 144 valence electrons. The molecule has 1 saturated carbocycles. The lowest BCUT2D eigenvalue weighted by molar-refractivity contribution is -0.151. The minimum absolute atomic E-state index is 0.0206. The van der Waals surface area contributed by atoms with E-state index < -0.39 is 12.3 Å². The Morgan fingerprint density at radius 2 is 2.12 bits per heavy atom. The standard InChI is InChI=1S/C21H30O5/c1-13-8-10-21(3)15(19(24)25-4)6-5-7-16(21)20(13,2)11-9-14-12-17(22)26-18(14)23/h6,12-13,16,18,23H,5,7-11H2,1-4H3/t13-,16-,18?,20+,21+/m0/s1. The van der Waals surface area contributed by atoms with Gasteiger partial charge < -0.3 is 14.6 Å². The van der Waals surface area contributed by atoms with E-state index in [2.05, 4.69) is 26.8 Å². The van der Waals surface area contributed by atoms with Crippen LogP contribution < -0.4 is 0 Å². The number of hydrogen-bond donors (Lipinski definition) is 1. The van der Waals surface area contributed by atoms with Crippen molar-refractivity contribution in [2.24, 2.45) is 22.7 Å². The number of rotatable bonds is 4. The molecule has 3 rings (SSSR count). The van der Waals surface area contributed by atoms with Crippen molar-refractivity contribution < 1.29 is 24.2 Å². The minimum Gasteiger partial charge on any atom is -0.466 e. The molecule has 0 spiro atoms. The van der Waals surface area contributed by atoms with Gasteiger partial charge in [-0.1, -0.05) is 26.8 Å². The summed E-state index contributed by atoms with van der Waals surface area (Å²) in [6.07, 6.45) is 7.86. The van der Waals surface area contributed by atoms with E-state index in [4.69, 9.17) is 9.47 Å². The summed E-state index contributed by atoms with van der Waals surface area (Å²) in [7, 11) is 1.45. The number of ether oxygens (including phenoxy) is 2. The van der Waals surface area contributed by atoms with Crippen molar-refractivity contribution in [3.63, 3.8) is 0 Å². The zero-order valence-electron chi connectivity index (χ0n) is 16.2. The van der Waals surface area contributed by atoms with Crippen molar-refractivity contribution in [2.75, 3.05) is 7.11 Å². The van der Waals surface area contributed by atoms with Crippen LogP contribution in [-0.2, 0) is 19.1 Å². The summed E-state index contributed by atoms with van der Waals surface area (Å²) in [5, 5.41) is 9.89. The first-order valence-corrected chi connectivity index (χ1v) is 9.60. The summed E-state index contributed by atoms with van der Waals surface area (Å²) >= 11 is 0. The third kappa shape index (κ3) is 3.00. The van der Waals surface area contributed by atoms with Crippen molar-refractivity contribution in [3.05, 3.63) is 23.3 Å². The van der Waals surface area contributed by atoms with Gasteiger partial charge in [0.25, 0.3) is 0 Å². The third-order valence-electron chi connectivity index (χ3n) is 7.41. The number of hydrogen-bond acceptors (Lipinski definition) is 5. The Morgan fingerprint density at radius 1 is 1.38 bits per heavy atom. The van der Waals surface area contributed by atoms with Gasteiger partial charge in [0.15, 0.2) is 0 Å². The second-order valence-electron chi connectivity index (χ2n) is 8.61. The van der Waals surface area contributed by atoms with E-state index in [0.29, 0.717) is 23.8 Å². The molecule has 1 aliphatic heterocycles. The molecule has 1 fully saturated rings. The molecule has 0 bridgehead atoms. The molecule has 5 atom stereocenters. The van der Waals surface area contributed by atoms with E-state index in [-0.39, 0.29) is 16.8 Å². The Balaban J connectivity index is 1.86. The first kappa shape index (κ1) is 19.2. The summed E-state index contributed by atoms with van der Waals surface area (Å²) in [4.78, 5) is 23.8. The van der Waals surface area contributed by atoms with Crippen LogP contribution in [0.15, 0.2) is 23.3 Å². The van der Waals surface area contributed by atoms with E-state index >= 15 is 0 Å². The molecule has 0 aromatic carbocycles. The van der Waals surface area contributed by atoms with Crippen molar-refractivity contribution in [2.45, 2.75) is 65.6 Å². The second kappa shape index (κ2) is 6.84. The van der Waals surface area contributed by atoms with Crippen LogP contribution in [0.25, 0.3) is 0 Å². The van der Waals surface area contributed by atoms with E-state index in [1.54, 1.807) is 0 Å². The Kier molecular flexibility index (Phi) is 5.04. The highest BCUT2D eigenvalue weighted by atomic mass is 16.6. The maximum Gasteiger partial charge on any atom is 0.333 e. The van der Waals surface area contributed by atoms with Crippen LogP contribution in [0.5, 0.6) is 0 Å². The van der Waals surface area contributed by atoms with Gasteiger partial charge in [-0.15, -0.1) is 0 Å². The number of esters is 2. The van der Waals surface area contributed by atoms with Gasteiger partial charge in [-0.25, -0.2) is 9.59 Å². The van der Waals surface area contributed by atoms with E-state index in [9.17, 15) is 14.7 Å². The van der Waals surface area contributed by atoms with Crippen LogP contribution in [0, 0.1) is 22.7 Å². The highest BCUT2D eigenvalue weighted by Gasteiger charge is 2.55. The van der Waals surface area contributed by atoms with Crippen molar-refractivity contribution in [3.8, 4) is 0 Å². The van der Waals surface area contributed by atoms with Crippen LogP contribution in [0.1, 0.15) is 59.3 Å². The van der Waals surface area contributed by atoms with Gasteiger partial charge in [-0.3, -0.25) is 0 Å². The van der Waals surface area contributed by atoms with Gasteiger partial charge >= 0.3 is 11.9 Å². The number of methoxy groups -OCH3 is 1. The second-order valence-corrected chi connectivity index (χ2v) is 8.61. The summed E-state index contributed by atoms with van der Waals surface area (Å²) in [5.74, 6) is 0.205. The van der Waals surface area contributed by atoms with Crippen molar-refractivity contribution in [1.29, 1.82) is 0 Å². The molecule has 1 N–H and O–H groups in total. The third-order valence-corrected chi connectivity index (χ3v) is 7.41. The molecule has 1 heterocycles. The SMILES string of the molecule is COC(=O)C1=CCC[C@H]2[C@](C)(CCC3=CC(=O)OC3O)[C@@H](C)CC[C@]12C. The Bertz CT molecular complexity index is 663. The Hall–Kier alpha value is -1.62. The summed E-state index contributed by atoms with van der Waals surface area (Å²) in [6.45, 7) is 6.81. The molecule has 0 aromatic heterocycles. The van der Waals surface area contributed by atoms with E-state index in [1.807, 2.05) is 0 Å². The van der Waals surface area contributed by atoms with Crippen LogP contribution in [0.3, 0.4) is 0 Å². The lowest BCUT2D eigenvalue weighted by Gasteiger charge is -2.57.